The predicted molar refractivity (Wildman–Crippen MR) is 99.7 cm³/mol. The number of amides is 1. The van der Waals surface area contributed by atoms with Crippen LogP contribution >= 0.6 is 15.9 Å². The van der Waals surface area contributed by atoms with Crippen molar-refractivity contribution >= 4 is 33.5 Å². The summed E-state index contributed by atoms with van der Waals surface area (Å²) in [6.45, 7) is 3.59. The van der Waals surface area contributed by atoms with Gasteiger partial charge in [-0.25, -0.2) is 9.97 Å². The van der Waals surface area contributed by atoms with Crippen LogP contribution in [0.5, 0.6) is 0 Å². The number of rotatable bonds is 7. The van der Waals surface area contributed by atoms with Gasteiger partial charge in [-0.3, -0.25) is 4.79 Å². The molecule has 2 rings (SSSR count). The Labute approximate surface area is 150 Å². The minimum absolute atomic E-state index is 0.154. The van der Waals surface area contributed by atoms with Crippen molar-refractivity contribution in [1.82, 2.24) is 20.2 Å². The number of carbonyl (C=O) groups is 1. The summed E-state index contributed by atoms with van der Waals surface area (Å²) < 4.78 is 1.02. The van der Waals surface area contributed by atoms with Crippen LogP contribution in [-0.2, 0) is 0 Å². The lowest BCUT2D eigenvalue weighted by molar-refractivity contribution is 0.0951. The second kappa shape index (κ2) is 8.75. The normalized spacial score (nSPS) is 10.7. The van der Waals surface area contributed by atoms with Gasteiger partial charge in [-0.1, -0.05) is 22.0 Å². The Morgan fingerprint density at radius 2 is 1.96 bits per heavy atom. The quantitative estimate of drug-likeness (QED) is 0.709. The first-order chi connectivity index (χ1) is 11.5. The number of hydrogen-bond donors (Lipinski definition) is 2. The molecule has 0 radical (unpaired) electrons. The average Bonchev–Trinajstić information content (AvgIpc) is 2.55. The molecule has 24 heavy (non-hydrogen) atoms. The van der Waals surface area contributed by atoms with Gasteiger partial charge in [0.25, 0.3) is 5.91 Å². The van der Waals surface area contributed by atoms with Gasteiger partial charge in [0.1, 0.15) is 0 Å². The molecule has 7 heteroatoms. The van der Waals surface area contributed by atoms with Gasteiger partial charge in [0, 0.05) is 29.1 Å². The van der Waals surface area contributed by atoms with Crippen LogP contribution in [0.25, 0.3) is 0 Å². The van der Waals surface area contributed by atoms with Crippen LogP contribution in [0.15, 0.2) is 35.1 Å². The van der Waals surface area contributed by atoms with Crippen molar-refractivity contribution in [2.24, 2.45) is 0 Å². The minimum atomic E-state index is -0.154. The molecular formula is C17H22BrN5O. The lowest BCUT2D eigenvalue weighted by Crippen LogP contribution is -2.27. The highest BCUT2D eigenvalue weighted by Gasteiger charge is 2.07. The molecule has 128 valence electrons. The van der Waals surface area contributed by atoms with Crippen molar-refractivity contribution in [3.63, 3.8) is 0 Å². The number of aryl methyl sites for hydroxylation is 1. The van der Waals surface area contributed by atoms with Crippen molar-refractivity contribution in [1.29, 1.82) is 0 Å². The van der Waals surface area contributed by atoms with Gasteiger partial charge < -0.3 is 15.5 Å². The number of hydrogen-bond acceptors (Lipinski definition) is 5. The molecule has 1 aromatic carbocycles. The Morgan fingerprint density at radius 3 is 2.58 bits per heavy atom. The second-order valence-electron chi connectivity index (χ2n) is 5.80. The number of halogens is 1. The van der Waals surface area contributed by atoms with Gasteiger partial charge in [0.05, 0.1) is 5.56 Å². The largest absolute Gasteiger partial charge is 0.352 e. The third kappa shape index (κ3) is 5.58. The fourth-order valence-corrected chi connectivity index (χ4v) is 2.39. The lowest BCUT2D eigenvalue weighted by atomic mass is 10.2. The highest BCUT2D eigenvalue weighted by molar-refractivity contribution is 9.10. The van der Waals surface area contributed by atoms with E-state index in [-0.39, 0.29) is 5.91 Å². The van der Waals surface area contributed by atoms with Gasteiger partial charge in [-0.15, -0.1) is 0 Å². The molecule has 6 nitrogen and oxygen atoms in total. The van der Waals surface area contributed by atoms with Crippen molar-refractivity contribution in [3.05, 3.63) is 46.2 Å². The molecule has 2 N–H and O–H groups in total. The third-order valence-electron chi connectivity index (χ3n) is 3.41. The summed E-state index contributed by atoms with van der Waals surface area (Å²) in [5.41, 5.74) is 2.49. The number of aromatic nitrogens is 2. The molecule has 0 aliphatic rings. The van der Waals surface area contributed by atoms with E-state index in [0.717, 1.165) is 28.7 Å². The van der Waals surface area contributed by atoms with E-state index in [2.05, 4.69) is 41.4 Å². The van der Waals surface area contributed by atoms with Crippen LogP contribution in [0.4, 0.5) is 11.6 Å². The first kappa shape index (κ1) is 18.4. The third-order valence-corrected chi connectivity index (χ3v) is 4.26. The number of carbonyl (C=O) groups excluding carboxylic acids is 1. The molecule has 0 spiro atoms. The first-order valence-corrected chi connectivity index (χ1v) is 8.53. The van der Waals surface area contributed by atoms with Gasteiger partial charge >= 0.3 is 0 Å². The van der Waals surface area contributed by atoms with E-state index < -0.39 is 0 Å². The highest BCUT2D eigenvalue weighted by atomic mass is 79.9. The molecule has 2 aromatic rings. The smallest absolute Gasteiger partial charge is 0.254 e. The summed E-state index contributed by atoms with van der Waals surface area (Å²) in [7, 11) is 4.02. The summed E-state index contributed by atoms with van der Waals surface area (Å²) in [4.78, 5) is 22.5. The molecule has 1 aromatic heterocycles. The number of nitrogens with one attached hydrogen (secondary N) is 2. The number of nitrogens with zero attached hydrogens (tertiary/aromatic N) is 3. The zero-order valence-electron chi connectivity index (χ0n) is 14.1. The molecule has 1 heterocycles. The summed E-state index contributed by atoms with van der Waals surface area (Å²) >= 11 is 3.49. The zero-order chi connectivity index (χ0) is 17.5. The molecule has 0 atom stereocenters. The van der Waals surface area contributed by atoms with Crippen LogP contribution in [0, 0.1) is 6.92 Å². The van der Waals surface area contributed by atoms with Crippen LogP contribution in [0.3, 0.4) is 0 Å². The van der Waals surface area contributed by atoms with Gasteiger partial charge in [0.15, 0.2) is 0 Å². The van der Waals surface area contributed by atoms with Gasteiger partial charge in [0.2, 0.25) is 5.95 Å². The Hall–Kier alpha value is -1.99. The Balaban J connectivity index is 1.90. The fraction of sp³-hybridized carbons (Fsp3) is 0.353. The summed E-state index contributed by atoms with van der Waals surface area (Å²) in [6, 6.07) is 5.92. The Kier molecular flexibility index (Phi) is 6.69. The molecule has 0 aliphatic heterocycles. The second-order valence-corrected chi connectivity index (χ2v) is 6.65. The Morgan fingerprint density at radius 1 is 1.25 bits per heavy atom. The van der Waals surface area contributed by atoms with E-state index in [4.69, 9.17) is 0 Å². The molecule has 0 saturated carbocycles. The number of benzene rings is 1. The standard InChI is InChI=1S/C17H22BrN5O/c1-12-5-6-14(9-15(12)18)22-17-20-10-13(11-21-17)16(24)19-7-4-8-23(2)3/h5-6,9-11H,4,7-8H2,1-3H3,(H,19,24)(H,20,21,22). The molecule has 0 unspecified atom stereocenters. The van der Waals surface area contributed by atoms with Crippen LogP contribution in [0.2, 0.25) is 0 Å². The van der Waals surface area contributed by atoms with E-state index in [1.807, 2.05) is 39.2 Å². The van der Waals surface area contributed by atoms with Crippen molar-refractivity contribution in [2.45, 2.75) is 13.3 Å². The highest BCUT2D eigenvalue weighted by Crippen LogP contribution is 2.22. The van der Waals surface area contributed by atoms with Crippen LogP contribution in [-0.4, -0.2) is 48.0 Å². The molecule has 0 saturated heterocycles. The first-order valence-electron chi connectivity index (χ1n) is 7.74. The van der Waals surface area contributed by atoms with Crippen LogP contribution < -0.4 is 10.6 Å². The Bertz CT molecular complexity index is 688. The predicted octanol–water partition coefficient (Wildman–Crippen LogP) is 2.97. The fourth-order valence-electron chi connectivity index (χ4n) is 2.01. The molecule has 1 amide bonds. The molecule has 0 bridgehead atoms. The van der Waals surface area contributed by atoms with E-state index in [0.29, 0.717) is 18.1 Å². The van der Waals surface area contributed by atoms with E-state index in [1.165, 1.54) is 12.4 Å². The van der Waals surface area contributed by atoms with Crippen molar-refractivity contribution in [3.8, 4) is 0 Å². The molecule has 0 aliphatic carbocycles. The molecule has 0 fully saturated rings. The maximum absolute atomic E-state index is 12.0. The van der Waals surface area contributed by atoms with Crippen molar-refractivity contribution < 1.29 is 4.79 Å². The monoisotopic (exact) mass is 391 g/mol. The van der Waals surface area contributed by atoms with Crippen LogP contribution in [0.1, 0.15) is 22.3 Å². The van der Waals surface area contributed by atoms with E-state index in [1.54, 1.807) is 0 Å². The summed E-state index contributed by atoms with van der Waals surface area (Å²) in [5, 5.41) is 5.98. The van der Waals surface area contributed by atoms with E-state index in [9.17, 15) is 4.79 Å². The minimum Gasteiger partial charge on any atom is -0.352 e. The lowest BCUT2D eigenvalue weighted by Gasteiger charge is -2.10. The topological polar surface area (TPSA) is 70.2 Å². The SMILES string of the molecule is Cc1ccc(Nc2ncc(C(=O)NCCCN(C)C)cn2)cc1Br. The van der Waals surface area contributed by atoms with E-state index >= 15 is 0 Å². The van der Waals surface area contributed by atoms with Gasteiger partial charge in [-0.2, -0.15) is 0 Å². The summed E-state index contributed by atoms with van der Waals surface area (Å²) in [5.74, 6) is 0.299. The maximum Gasteiger partial charge on any atom is 0.254 e. The summed E-state index contributed by atoms with van der Waals surface area (Å²) in [6.07, 6.45) is 3.96. The average molecular weight is 392 g/mol. The maximum atomic E-state index is 12.0. The van der Waals surface area contributed by atoms with Gasteiger partial charge in [-0.05, 0) is 51.7 Å². The zero-order valence-corrected chi connectivity index (χ0v) is 15.7. The number of anilines is 2. The van der Waals surface area contributed by atoms with Crippen molar-refractivity contribution in [2.75, 3.05) is 32.5 Å². The molecular weight excluding hydrogens is 370 g/mol.